The standard InChI is InChI=1S/C32H40N6O6/c1-22-25(32(42)38-14-4-3-6-28(38)34-22)12-17-37-15-10-23(11-16-37)31-26-9-8-24(20-27(26)44-35-31)43-19-13-33-29(40)21-36(2)30(41)7-5-18-39/h5,7-9,18,20,23H,3-4,6,10-17,19,21H2,1-2H3,(H,33,40)/b7-5-. The van der Waals surface area contributed by atoms with E-state index < -0.39 is 5.91 Å². The van der Waals surface area contributed by atoms with Crippen LogP contribution in [0.5, 0.6) is 5.75 Å². The molecule has 44 heavy (non-hydrogen) atoms. The molecule has 0 radical (unpaired) electrons. The zero-order valence-corrected chi connectivity index (χ0v) is 25.4. The quantitative estimate of drug-likeness (QED) is 0.187. The number of ether oxygens (including phenoxy) is 1. The summed E-state index contributed by atoms with van der Waals surface area (Å²) in [6.45, 7) is 5.84. The maximum Gasteiger partial charge on any atom is 0.256 e. The van der Waals surface area contributed by atoms with Gasteiger partial charge in [0, 0.05) is 61.3 Å². The molecule has 2 amide bonds. The van der Waals surface area contributed by atoms with E-state index in [0.29, 0.717) is 23.5 Å². The van der Waals surface area contributed by atoms with Crippen LogP contribution in [0.25, 0.3) is 11.0 Å². The third-order valence-electron chi connectivity index (χ3n) is 8.47. The molecule has 1 N–H and O–H groups in total. The fraction of sp³-hybridized carbons (Fsp3) is 0.500. The zero-order chi connectivity index (χ0) is 31.1. The number of aldehydes is 1. The van der Waals surface area contributed by atoms with Crippen LogP contribution in [-0.2, 0) is 33.8 Å². The Morgan fingerprint density at radius 3 is 2.82 bits per heavy atom. The number of benzene rings is 1. The first-order valence-electron chi connectivity index (χ1n) is 15.3. The van der Waals surface area contributed by atoms with Crippen molar-refractivity contribution in [3.8, 4) is 5.75 Å². The summed E-state index contributed by atoms with van der Waals surface area (Å²) in [7, 11) is 1.48. The second kappa shape index (κ2) is 14.4. The number of aromatic nitrogens is 3. The van der Waals surface area contributed by atoms with Crippen LogP contribution in [0.4, 0.5) is 0 Å². The molecule has 0 unspecified atom stereocenters. The number of aryl methyl sites for hydroxylation is 2. The van der Waals surface area contributed by atoms with Gasteiger partial charge < -0.3 is 24.4 Å². The summed E-state index contributed by atoms with van der Waals surface area (Å²) in [5.74, 6) is 1.09. The number of fused-ring (bicyclic) bond motifs is 2. The molecule has 2 aliphatic heterocycles. The van der Waals surface area contributed by atoms with E-state index in [0.717, 1.165) is 105 Å². The van der Waals surface area contributed by atoms with Crippen LogP contribution in [0.3, 0.4) is 0 Å². The Morgan fingerprint density at radius 2 is 2.02 bits per heavy atom. The fourth-order valence-corrected chi connectivity index (χ4v) is 6.00. The number of nitrogens with zero attached hydrogens (tertiary/aromatic N) is 5. The SMILES string of the molecule is Cc1nc2n(c(=O)c1CCN1CCC(c3noc4cc(OCCNC(=O)CN(C)C(=O)/C=C\C=O)ccc34)CC1)CCCC2. The number of carbonyl (C=O) groups is 3. The minimum Gasteiger partial charge on any atom is -0.492 e. The third kappa shape index (κ3) is 7.42. The molecule has 1 aromatic carbocycles. The zero-order valence-electron chi connectivity index (χ0n) is 25.4. The van der Waals surface area contributed by atoms with Crippen molar-refractivity contribution in [3.63, 3.8) is 0 Å². The van der Waals surface area contributed by atoms with E-state index in [9.17, 15) is 19.2 Å². The van der Waals surface area contributed by atoms with Gasteiger partial charge in [0.05, 0.1) is 18.8 Å². The van der Waals surface area contributed by atoms with Crippen molar-refractivity contribution in [2.75, 3.05) is 46.4 Å². The minimum atomic E-state index is -0.430. The smallest absolute Gasteiger partial charge is 0.256 e. The summed E-state index contributed by atoms with van der Waals surface area (Å²) in [6.07, 6.45) is 8.40. The van der Waals surface area contributed by atoms with Gasteiger partial charge in [0.2, 0.25) is 11.8 Å². The van der Waals surface area contributed by atoms with Crippen molar-refractivity contribution in [1.82, 2.24) is 29.8 Å². The number of likely N-dealkylation sites (N-methyl/N-ethyl adjacent to an activating group) is 1. The molecule has 12 heteroatoms. The average Bonchev–Trinajstić information content (AvgIpc) is 3.45. The van der Waals surface area contributed by atoms with Gasteiger partial charge in [-0.3, -0.25) is 23.7 Å². The maximum absolute atomic E-state index is 13.1. The predicted octanol–water partition coefficient (Wildman–Crippen LogP) is 2.16. The molecule has 12 nitrogen and oxygen atoms in total. The summed E-state index contributed by atoms with van der Waals surface area (Å²) in [4.78, 5) is 55.6. The maximum atomic E-state index is 13.1. The van der Waals surface area contributed by atoms with Crippen LogP contribution < -0.4 is 15.6 Å². The minimum absolute atomic E-state index is 0.125. The molecule has 0 saturated carbocycles. The highest BCUT2D eigenvalue weighted by Crippen LogP contribution is 2.34. The van der Waals surface area contributed by atoms with Gasteiger partial charge in [0.1, 0.15) is 24.5 Å². The normalized spacial score (nSPS) is 15.8. The first-order chi connectivity index (χ1) is 21.3. The number of rotatable bonds is 12. The Hall–Kier alpha value is -4.32. The second-order valence-electron chi connectivity index (χ2n) is 11.5. The van der Waals surface area contributed by atoms with Crippen molar-refractivity contribution in [2.24, 2.45) is 0 Å². The largest absolute Gasteiger partial charge is 0.492 e. The molecule has 1 saturated heterocycles. The summed E-state index contributed by atoms with van der Waals surface area (Å²) in [6, 6.07) is 5.65. The Morgan fingerprint density at radius 1 is 1.20 bits per heavy atom. The number of hydrogen-bond donors (Lipinski definition) is 1. The molecule has 5 rings (SSSR count). The van der Waals surface area contributed by atoms with E-state index in [-0.39, 0.29) is 31.2 Å². The number of hydrogen-bond acceptors (Lipinski definition) is 9. The van der Waals surface area contributed by atoms with Crippen molar-refractivity contribution < 1.29 is 23.6 Å². The monoisotopic (exact) mass is 604 g/mol. The van der Waals surface area contributed by atoms with Gasteiger partial charge in [-0.15, -0.1) is 0 Å². The highest BCUT2D eigenvalue weighted by atomic mass is 16.5. The lowest BCUT2D eigenvalue weighted by Gasteiger charge is -2.31. The van der Waals surface area contributed by atoms with Crippen molar-refractivity contribution in [1.29, 1.82) is 0 Å². The lowest BCUT2D eigenvalue weighted by molar-refractivity contribution is -0.131. The molecule has 2 aliphatic rings. The molecule has 0 spiro atoms. The van der Waals surface area contributed by atoms with Crippen LogP contribution in [0.2, 0.25) is 0 Å². The molecule has 4 heterocycles. The first-order valence-corrected chi connectivity index (χ1v) is 15.3. The van der Waals surface area contributed by atoms with Crippen LogP contribution in [0.1, 0.15) is 54.4 Å². The topological polar surface area (TPSA) is 140 Å². The van der Waals surface area contributed by atoms with E-state index in [4.69, 9.17) is 14.2 Å². The van der Waals surface area contributed by atoms with E-state index in [1.807, 2.05) is 29.7 Å². The van der Waals surface area contributed by atoms with E-state index in [1.165, 1.54) is 11.9 Å². The Bertz CT molecular complexity index is 1590. The molecule has 0 bridgehead atoms. The number of nitrogens with one attached hydrogen (secondary N) is 1. The number of likely N-dealkylation sites (tertiary alicyclic amines) is 1. The predicted molar refractivity (Wildman–Crippen MR) is 164 cm³/mol. The van der Waals surface area contributed by atoms with Gasteiger partial charge in [-0.2, -0.15) is 0 Å². The van der Waals surface area contributed by atoms with E-state index in [2.05, 4.69) is 15.4 Å². The summed E-state index contributed by atoms with van der Waals surface area (Å²) in [5, 5.41) is 8.09. The van der Waals surface area contributed by atoms with Gasteiger partial charge in [0.25, 0.3) is 5.56 Å². The molecule has 2 aromatic heterocycles. The van der Waals surface area contributed by atoms with Crippen LogP contribution in [0, 0.1) is 6.92 Å². The van der Waals surface area contributed by atoms with Crippen molar-refractivity contribution in [3.05, 3.63) is 63.5 Å². The van der Waals surface area contributed by atoms with Crippen LogP contribution in [-0.4, -0.2) is 89.0 Å². The highest BCUT2D eigenvalue weighted by Gasteiger charge is 2.26. The van der Waals surface area contributed by atoms with Gasteiger partial charge in [0.15, 0.2) is 5.58 Å². The summed E-state index contributed by atoms with van der Waals surface area (Å²) >= 11 is 0. The lowest BCUT2D eigenvalue weighted by Crippen LogP contribution is -2.39. The Balaban J connectivity index is 1.07. The van der Waals surface area contributed by atoms with Crippen LogP contribution >= 0.6 is 0 Å². The molecule has 0 aliphatic carbocycles. The number of piperidine rings is 1. The molecular weight excluding hydrogens is 564 g/mol. The van der Waals surface area contributed by atoms with Crippen LogP contribution in [0.15, 0.2) is 39.7 Å². The number of allylic oxidation sites excluding steroid dienone is 1. The lowest BCUT2D eigenvalue weighted by atomic mass is 9.91. The number of amides is 2. The van der Waals surface area contributed by atoms with Gasteiger partial charge in [-0.05, 0) is 70.3 Å². The van der Waals surface area contributed by atoms with Gasteiger partial charge >= 0.3 is 0 Å². The Labute approximate surface area is 256 Å². The second-order valence-corrected chi connectivity index (χ2v) is 11.5. The fourth-order valence-electron chi connectivity index (χ4n) is 6.00. The van der Waals surface area contributed by atoms with Gasteiger partial charge in [-0.1, -0.05) is 5.16 Å². The summed E-state index contributed by atoms with van der Waals surface area (Å²) < 4.78 is 13.3. The van der Waals surface area contributed by atoms with E-state index >= 15 is 0 Å². The average molecular weight is 605 g/mol. The third-order valence-corrected chi connectivity index (χ3v) is 8.47. The first kappa shape index (κ1) is 31.1. The highest BCUT2D eigenvalue weighted by molar-refractivity contribution is 5.93. The molecular formula is C32H40N6O6. The van der Waals surface area contributed by atoms with Crippen molar-refractivity contribution in [2.45, 2.75) is 57.9 Å². The van der Waals surface area contributed by atoms with Gasteiger partial charge in [-0.25, -0.2) is 4.98 Å². The molecule has 0 atom stereocenters. The van der Waals surface area contributed by atoms with E-state index in [1.54, 1.807) is 0 Å². The van der Waals surface area contributed by atoms with Crippen molar-refractivity contribution >= 4 is 29.1 Å². The molecule has 1 fully saturated rings. The molecule has 234 valence electrons. The summed E-state index contributed by atoms with van der Waals surface area (Å²) in [5.41, 5.74) is 3.50. The molecule has 3 aromatic rings. The Kier molecular flexibility index (Phi) is 10.2. The number of carbonyl (C=O) groups excluding carboxylic acids is 3.